The van der Waals surface area contributed by atoms with Crippen molar-refractivity contribution in [2.45, 2.75) is 142 Å². The Kier molecular flexibility index (Phi) is 24.8. The molecule has 2 aromatic carbocycles. The van der Waals surface area contributed by atoms with Crippen LogP contribution in [0.25, 0.3) is 6.08 Å². The van der Waals surface area contributed by atoms with Crippen LogP contribution >= 0.6 is 0 Å². The van der Waals surface area contributed by atoms with Gasteiger partial charge in [-0.2, -0.15) is 0 Å². The van der Waals surface area contributed by atoms with Gasteiger partial charge in [0.25, 0.3) is 11.8 Å². The minimum atomic E-state index is -1.03. The average molecular weight is 1110 g/mol. The standard InChI is InChI=1S/C59H82N8O13/c1-38(2)54(63-50(70)18-9-8-12-29-67-51(71)27-28-52(67)72)57(75)62-47(16-10-11-17-49(60)69)56(74)61-44-23-21-42(22-24-44)37-78-58(76)65-30-32-66(33-31-65)59(77)79-48-26-20-40(4)55(80-53(73)36-46(68)25-19-39(48)3)41(5)34-43-14-13-15-45(35-43)64(6)7/h13-15,20-24,26-28,34-35,38-40,46-48,54-55,68H,8-12,16-19,25,29-33,36-37H2,1-7H3,(H2,60,69)(H,61,74)(H,62,75)(H,63,70)/b26-20+,41-34+/t39-,40-,46+,47-,48-,54-,55-/m0/s1. The van der Waals surface area contributed by atoms with Crippen LogP contribution in [0, 0.1) is 17.8 Å². The lowest BCUT2D eigenvalue weighted by molar-refractivity contribution is -0.151. The van der Waals surface area contributed by atoms with Gasteiger partial charge in [-0.25, -0.2) is 9.59 Å². The Labute approximate surface area is 469 Å². The van der Waals surface area contributed by atoms with Crippen LogP contribution in [0.3, 0.4) is 0 Å². The molecule has 21 nitrogen and oxygen atoms in total. The third-order valence-corrected chi connectivity index (χ3v) is 14.4. The number of rotatable bonds is 23. The molecule has 0 aromatic heterocycles. The van der Waals surface area contributed by atoms with Gasteiger partial charge < -0.3 is 55.7 Å². The molecule has 0 unspecified atom stereocenters. The van der Waals surface area contributed by atoms with Crippen molar-refractivity contribution in [3.05, 3.63) is 89.5 Å². The van der Waals surface area contributed by atoms with E-state index in [1.54, 1.807) is 43.0 Å². The summed E-state index contributed by atoms with van der Waals surface area (Å²) in [7, 11) is 3.92. The second kappa shape index (κ2) is 31.3. The van der Waals surface area contributed by atoms with E-state index in [0.717, 1.165) is 21.7 Å². The maximum Gasteiger partial charge on any atom is 0.410 e. The molecule has 7 atom stereocenters. The number of hydrogen-bond acceptors (Lipinski definition) is 14. The van der Waals surface area contributed by atoms with E-state index >= 15 is 0 Å². The summed E-state index contributed by atoms with van der Waals surface area (Å²) >= 11 is 0. The smallest absolute Gasteiger partial charge is 0.410 e. The molecule has 5 rings (SSSR count). The quantitative estimate of drug-likeness (QED) is 0.0281. The summed E-state index contributed by atoms with van der Waals surface area (Å²) in [5.74, 6) is -3.97. The lowest BCUT2D eigenvalue weighted by Crippen LogP contribution is -2.54. The first-order valence-electron chi connectivity index (χ1n) is 27.8. The first-order valence-corrected chi connectivity index (χ1v) is 27.8. The van der Waals surface area contributed by atoms with E-state index in [0.29, 0.717) is 56.2 Å². The number of piperazine rings is 1. The van der Waals surface area contributed by atoms with E-state index in [-0.39, 0.29) is 100 Å². The molecule has 0 bridgehead atoms. The van der Waals surface area contributed by atoms with Gasteiger partial charge in [0.2, 0.25) is 23.6 Å². The van der Waals surface area contributed by atoms with Crippen LogP contribution in [0.4, 0.5) is 21.0 Å². The zero-order valence-electron chi connectivity index (χ0n) is 47.4. The van der Waals surface area contributed by atoms with Crippen LogP contribution in [0.5, 0.6) is 0 Å². The predicted octanol–water partition coefficient (Wildman–Crippen LogP) is 6.00. The Morgan fingerprint density at radius 2 is 1.49 bits per heavy atom. The molecule has 1 fully saturated rings. The number of nitrogens with zero attached hydrogens (tertiary/aromatic N) is 4. The molecule has 0 aliphatic carbocycles. The summed E-state index contributed by atoms with van der Waals surface area (Å²) in [5, 5.41) is 19.2. The van der Waals surface area contributed by atoms with E-state index in [1.807, 2.05) is 82.3 Å². The molecular weight excluding hydrogens is 1030 g/mol. The molecule has 436 valence electrons. The van der Waals surface area contributed by atoms with Crippen molar-refractivity contribution in [1.29, 1.82) is 0 Å². The van der Waals surface area contributed by atoms with Crippen LogP contribution in [-0.2, 0) is 54.4 Å². The fourth-order valence-corrected chi connectivity index (χ4v) is 9.44. The van der Waals surface area contributed by atoms with Crippen molar-refractivity contribution in [3.8, 4) is 0 Å². The summed E-state index contributed by atoms with van der Waals surface area (Å²) in [4.78, 5) is 121. The number of nitrogens with two attached hydrogens (primary N) is 1. The van der Waals surface area contributed by atoms with Gasteiger partial charge >= 0.3 is 18.2 Å². The summed E-state index contributed by atoms with van der Waals surface area (Å²) in [5.41, 5.74) is 9.14. The van der Waals surface area contributed by atoms with Crippen LogP contribution in [0.2, 0.25) is 0 Å². The Morgan fingerprint density at radius 1 is 0.825 bits per heavy atom. The SMILES string of the molecule is C/C(=C\c1cccc(N(C)C)c1)[C@H]1OC(=O)C[C@H](O)CC[C@H](C)[C@@H](OC(=O)N2CCN(C(=O)OCc3ccc(NC(=O)[C@H](CCCCC(N)=O)NC(=O)[C@@H](NC(=O)CCCCCN4C(=O)C=CC4=O)C(C)C)cc3)CC2)/C=C/[C@@H]1C. The van der Waals surface area contributed by atoms with Gasteiger partial charge in [-0.1, -0.05) is 77.0 Å². The zero-order chi connectivity index (χ0) is 58.5. The molecule has 1 saturated heterocycles. The number of ether oxygens (including phenoxy) is 3. The van der Waals surface area contributed by atoms with E-state index < -0.39 is 66.3 Å². The maximum absolute atomic E-state index is 13.7. The zero-order valence-corrected chi connectivity index (χ0v) is 47.4. The Morgan fingerprint density at radius 3 is 2.14 bits per heavy atom. The average Bonchev–Trinajstić information content (AvgIpc) is 3.76. The number of imide groups is 1. The highest BCUT2D eigenvalue weighted by atomic mass is 16.6. The number of carbonyl (C=O) groups is 9. The van der Waals surface area contributed by atoms with Gasteiger partial charge in [-0.05, 0) is 104 Å². The topological polar surface area (TPSA) is 277 Å². The number of nitrogens with one attached hydrogen (secondary N) is 3. The number of esters is 1. The minimum absolute atomic E-state index is 0.0768. The van der Waals surface area contributed by atoms with Crippen molar-refractivity contribution in [1.82, 2.24) is 25.3 Å². The van der Waals surface area contributed by atoms with Crippen LogP contribution in [0.15, 0.2) is 78.4 Å². The van der Waals surface area contributed by atoms with Crippen molar-refractivity contribution in [2.75, 3.05) is 57.0 Å². The van der Waals surface area contributed by atoms with Gasteiger partial charge in [-0.3, -0.25) is 38.5 Å². The Balaban J connectivity index is 1.10. The fraction of sp³-hybridized carbons (Fsp3) is 0.542. The maximum atomic E-state index is 13.7. The third kappa shape index (κ3) is 20.3. The molecule has 0 saturated carbocycles. The number of aliphatic hydroxyl groups is 1. The van der Waals surface area contributed by atoms with Gasteiger partial charge in [0, 0.05) is 89.1 Å². The van der Waals surface area contributed by atoms with Crippen molar-refractivity contribution < 1.29 is 62.5 Å². The monoisotopic (exact) mass is 1110 g/mol. The molecule has 6 N–H and O–H groups in total. The first-order chi connectivity index (χ1) is 38.1. The van der Waals surface area contributed by atoms with Crippen LogP contribution < -0.4 is 26.6 Å². The summed E-state index contributed by atoms with van der Waals surface area (Å²) < 4.78 is 17.7. The number of amides is 8. The Bertz CT molecular complexity index is 2560. The molecule has 3 heterocycles. The minimum Gasteiger partial charge on any atom is -0.457 e. The highest BCUT2D eigenvalue weighted by molar-refractivity contribution is 6.12. The molecule has 3 aliphatic rings. The van der Waals surface area contributed by atoms with Crippen molar-refractivity contribution in [2.24, 2.45) is 23.5 Å². The highest BCUT2D eigenvalue weighted by Gasteiger charge is 2.32. The summed E-state index contributed by atoms with van der Waals surface area (Å²) in [6.07, 6.45) is 8.23. The number of aliphatic hydroxyl groups excluding tert-OH is 1. The highest BCUT2D eigenvalue weighted by Crippen LogP contribution is 2.27. The third-order valence-electron chi connectivity index (χ3n) is 14.4. The Hall–Kier alpha value is -7.55. The van der Waals surface area contributed by atoms with Gasteiger partial charge in [-0.15, -0.1) is 0 Å². The number of hydrogen-bond donors (Lipinski definition) is 5. The summed E-state index contributed by atoms with van der Waals surface area (Å²) in [6, 6.07) is 12.6. The van der Waals surface area contributed by atoms with Crippen LogP contribution in [0.1, 0.15) is 116 Å². The second-order valence-electron chi connectivity index (χ2n) is 21.5. The van der Waals surface area contributed by atoms with E-state index in [4.69, 9.17) is 19.9 Å². The van der Waals surface area contributed by atoms with Gasteiger partial charge in [0.15, 0.2) is 0 Å². The number of carbonyl (C=O) groups excluding carboxylic acids is 9. The molecule has 2 aromatic rings. The lowest BCUT2D eigenvalue weighted by Gasteiger charge is -2.35. The molecule has 8 amide bonds. The predicted molar refractivity (Wildman–Crippen MR) is 301 cm³/mol. The number of anilines is 2. The first kappa shape index (κ1) is 63.3. The molecule has 0 spiro atoms. The molecule has 80 heavy (non-hydrogen) atoms. The molecule has 3 aliphatic heterocycles. The van der Waals surface area contributed by atoms with Crippen LogP contribution in [-0.4, -0.2) is 151 Å². The number of benzene rings is 2. The molecule has 21 heteroatoms. The summed E-state index contributed by atoms with van der Waals surface area (Å²) in [6.45, 7) is 10.3. The number of primary amides is 1. The van der Waals surface area contributed by atoms with Crippen molar-refractivity contribution in [3.63, 3.8) is 0 Å². The molecular formula is C59H82N8O13. The lowest BCUT2D eigenvalue weighted by atomic mass is 9.91. The number of cyclic esters (lactones) is 1. The number of unbranched alkanes of at least 4 members (excludes halogenated alkanes) is 3. The van der Waals surface area contributed by atoms with Gasteiger partial charge in [0.1, 0.15) is 30.9 Å². The second-order valence-corrected chi connectivity index (χ2v) is 21.5. The van der Waals surface area contributed by atoms with Crippen molar-refractivity contribution >= 4 is 71.0 Å². The normalized spacial score (nSPS) is 21.1. The molecule has 0 radical (unpaired) electrons. The van der Waals surface area contributed by atoms with E-state index in [2.05, 4.69) is 16.0 Å². The van der Waals surface area contributed by atoms with E-state index in [1.165, 1.54) is 17.1 Å². The fourth-order valence-electron chi connectivity index (χ4n) is 9.44. The largest absolute Gasteiger partial charge is 0.457 e. The van der Waals surface area contributed by atoms with E-state index in [9.17, 15) is 48.3 Å². The van der Waals surface area contributed by atoms with Gasteiger partial charge in [0.05, 0.1) is 12.5 Å².